The van der Waals surface area contributed by atoms with Gasteiger partial charge in [-0.3, -0.25) is 4.72 Å². The number of halogens is 1. The van der Waals surface area contributed by atoms with Crippen molar-refractivity contribution in [3.8, 4) is 0 Å². The minimum absolute atomic E-state index is 0.159. The maximum Gasteiger partial charge on any atom is 0.341 e. The van der Waals surface area contributed by atoms with E-state index in [1.165, 1.54) is 11.3 Å². The summed E-state index contributed by atoms with van der Waals surface area (Å²) in [6.45, 7) is 5.79. The molecule has 0 fully saturated rings. The van der Waals surface area contributed by atoms with Gasteiger partial charge in [-0.05, 0) is 91.2 Å². The molecule has 0 spiro atoms. The molecule has 146 valence electrons. The van der Waals surface area contributed by atoms with Crippen LogP contribution in [0.3, 0.4) is 0 Å². The maximum absolute atomic E-state index is 13.0. The van der Waals surface area contributed by atoms with Gasteiger partial charge in [0.05, 0.1) is 12.2 Å². The van der Waals surface area contributed by atoms with E-state index in [4.69, 9.17) is 4.74 Å². The summed E-state index contributed by atoms with van der Waals surface area (Å²) >= 11 is 4.70. The monoisotopic (exact) mass is 471 g/mol. The molecule has 0 unspecified atom stereocenters. The van der Waals surface area contributed by atoms with Crippen molar-refractivity contribution >= 4 is 48.3 Å². The number of carbonyl (C=O) groups excluding carboxylic acids is 1. The Morgan fingerprint density at radius 3 is 2.59 bits per heavy atom. The summed E-state index contributed by atoms with van der Waals surface area (Å²) in [5.41, 5.74) is 3.19. The number of hydrogen-bond donors (Lipinski definition) is 1. The van der Waals surface area contributed by atoms with Crippen LogP contribution in [0.4, 0.5) is 5.00 Å². The largest absolute Gasteiger partial charge is 0.462 e. The summed E-state index contributed by atoms with van der Waals surface area (Å²) in [5, 5.41) is 0.352. The van der Waals surface area contributed by atoms with Gasteiger partial charge >= 0.3 is 5.97 Å². The molecule has 1 aliphatic carbocycles. The van der Waals surface area contributed by atoms with Gasteiger partial charge in [-0.2, -0.15) is 0 Å². The van der Waals surface area contributed by atoms with Crippen molar-refractivity contribution in [1.29, 1.82) is 0 Å². The Labute approximate surface area is 172 Å². The predicted octanol–water partition coefficient (Wildman–Crippen LogP) is 4.98. The van der Waals surface area contributed by atoms with Gasteiger partial charge < -0.3 is 4.74 Å². The molecule has 2 aromatic rings. The molecule has 0 bridgehead atoms. The number of carbonyl (C=O) groups is 1. The van der Waals surface area contributed by atoms with Crippen LogP contribution in [0.1, 0.15) is 51.7 Å². The van der Waals surface area contributed by atoms with E-state index < -0.39 is 16.0 Å². The first kappa shape index (κ1) is 20.4. The quantitative estimate of drug-likeness (QED) is 0.623. The van der Waals surface area contributed by atoms with Crippen LogP contribution in [0.25, 0.3) is 0 Å². The van der Waals surface area contributed by atoms with Gasteiger partial charge in [0.25, 0.3) is 10.0 Å². The molecule has 0 amide bonds. The normalized spacial score (nSPS) is 13.9. The molecule has 1 aromatic carbocycles. The number of fused-ring (bicyclic) bond motifs is 1. The van der Waals surface area contributed by atoms with E-state index in [-0.39, 0.29) is 11.5 Å². The highest BCUT2D eigenvalue weighted by Crippen LogP contribution is 2.40. The van der Waals surface area contributed by atoms with E-state index in [2.05, 4.69) is 20.7 Å². The maximum atomic E-state index is 13.0. The lowest BCUT2D eigenvalue weighted by atomic mass is 9.95. The number of sulfonamides is 1. The molecule has 5 nitrogen and oxygen atoms in total. The number of anilines is 1. The number of esters is 1. The minimum Gasteiger partial charge on any atom is -0.462 e. The fraction of sp³-hybridized carbons (Fsp3) is 0.421. The zero-order valence-electron chi connectivity index (χ0n) is 15.5. The number of aryl methyl sites for hydroxylation is 3. The van der Waals surface area contributed by atoms with Gasteiger partial charge in [-0.15, -0.1) is 11.3 Å². The number of hydrogen-bond acceptors (Lipinski definition) is 5. The molecule has 27 heavy (non-hydrogen) atoms. The van der Waals surface area contributed by atoms with Crippen LogP contribution in [0, 0.1) is 13.8 Å². The summed E-state index contributed by atoms with van der Waals surface area (Å²) in [6, 6.07) is 3.43. The van der Waals surface area contributed by atoms with Crippen LogP contribution in [0.15, 0.2) is 21.5 Å². The first-order valence-corrected chi connectivity index (χ1v) is 11.9. The van der Waals surface area contributed by atoms with Gasteiger partial charge in [-0.25, -0.2) is 13.2 Å². The third-order valence-corrected chi connectivity index (χ3v) is 8.36. The van der Waals surface area contributed by atoms with E-state index in [9.17, 15) is 13.2 Å². The summed E-state index contributed by atoms with van der Waals surface area (Å²) in [5.74, 6) is -0.464. The zero-order valence-corrected chi connectivity index (χ0v) is 18.7. The van der Waals surface area contributed by atoms with E-state index in [0.29, 0.717) is 15.0 Å². The third kappa shape index (κ3) is 4.07. The summed E-state index contributed by atoms with van der Waals surface area (Å²) < 4.78 is 34.4. The van der Waals surface area contributed by atoms with Crippen molar-refractivity contribution in [2.24, 2.45) is 0 Å². The van der Waals surface area contributed by atoms with Gasteiger partial charge in [0.2, 0.25) is 0 Å². The van der Waals surface area contributed by atoms with E-state index in [0.717, 1.165) is 47.3 Å². The number of benzene rings is 1. The van der Waals surface area contributed by atoms with Gasteiger partial charge in [0, 0.05) is 9.35 Å². The highest BCUT2D eigenvalue weighted by molar-refractivity contribution is 9.10. The van der Waals surface area contributed by atoms with E-state index in [1.807, 2.05) is 13.8 Å². The molecular weight excluding hydrogens is 450 g/mol. The number of ether oxygens (including phenoxy) is 1. The Morgan fingerprint density at radius 2 is 1.89 bits per heavy atom. The molecular formula is C19H22BrNO4S2. The van der Waals surface area contributed by atoms with Crippen LogP contribution in [0.5, 0.6) is 0 Å². The number of thiophene rings is 1. The lowest BCUT2D eigenvalue weighted by Crippen LogP contribution is -2.17. The molecule has 3 rings (SSSR count). The average Bonchev–Trinajstić information content (AvgIpc) is 2.95. The van der Waals surface area contributed by atoms with Gasteiger partial charge in [0.1, 0.15) is 9.90 Å². The lowest BCUT2D eigenvalue weighted by Gasteiger charge is -2.13. The van der Waals surface area contributed by atoms with E-state index in [1.54, 1.807) is 19.1 Å². The number of nitrogens with one attached hydrogen (secondary N) is 1. The van der Waals surface area contributed by atoms with Crippen molar-refractivity contribution in [3.05, 3.63) is 43.7 Å². The Bertz CT molecular complexity index is 996. The first-order valence-electron chi connectivity index (χ1n) is 8.85. The smallest absolute Gasteiger partial charge is 0.341 e. The van der Waals surface area contributed by atoms with Crippen molar-refractivity contribution in [3.63, 3.8) is 0 Å². The third-order valence-electron chi connectivity index (χ3n) is 4.72. The average molecular weight is 472 g/mol. The molecule has 1 aliphatic rings. The SMILES string of the molecule is CCOC(=O)c1c(NS(=O)(=O)c2cc(C)c(C)cc2Br)sc2c1CCCC2. The topological polar surface area (TPSA) is 72.5 Å². The predicted molar refractivity (Wildman–Crippen MR) is 111 cm³/mol. The highest BCUT2D eigenvalue weighted by Gasteiger charge is 2.29. The molecule has 0 aliphatic heterocycles. The summed E-state index contributed by atoms with van der Waals surface area (Å²) in [4.78, 5) is 13.8. The standard InChI is InChI=1S/C19H22BrNO4S2/c1-4-25-19(22)17-13-7-5-6-8-15(13)26-18(17)21-27(23,24)16-10-12(3)11(2)9-14(16)20/h9-10,21H,4-8H2,1-3H3. The fourth-order valence-electron chi connectivity index (χ4n) is 3.19. The van der Waals surface area contributed by atoms with Crippen molar-refractivity contribution in [2.75, 3.05) is 11.3 Å². The van der Waals surface area contributed by atoms with E-state index >= 15 is 0 Å². The second-order valence-electron chi connectivity index (χ2n) is 6.61. The Kier molecular flexibility index (Phi) is 5.98. The molecule has 0 saturated carbocycles. The summed E-state index contributed by atoms with van der Waals surface area (Å²) in [6.07, 6.45) is 3.67. The second-order valence-corrected chi connectivity index (χ2v) is 10.2. The van der Waals surface area contributed by atoms with Crippen LogP contribution in [0.2, 0.25) is 0 Å². The number of rotatable bonds is 5. The summed E-state index contributed by atoms with van der Waals surface area (Å²) in [7, 11) is -3.85. The van der Waals surface area contributed by atoms with Crippen LogP contribution in [-0.4, -0.2) is 21.0 Å². The molecule has 1 aromatic heterocycles. The second kappa shape index (κ2) is 7.93. The van der Waals surface area contributed by atoms with Crippen molar-refractivity contribution in [1.82, 2.24) is 0 Å². The minimum atomic E-state index is -3.85. The lowest BCUT2D eigenvalue weighted by molar-refractivity contribution is 0.0526. The molecule has 1 N–H and O–H groups in total. The molecule has 8 heteroatoms. The van der Waals surface area contributed by atoms with Gasteiger partial charge in [-0.1, -0.05) is 0 Å². The molecule has 0 saturated heterocycles. The van der Waals surface area contributed by atoms with Crippen LogP contribution < -0.4 is 4.72 Å². The molecule has 1 heterocycles. The zero-order chi connectivity index (χ0) is 19.8. The first-order chi connectivity index (χ1) is 12.7. The Balaban J connectivity index is 2.06. The van der Waals surface area contributed by atoms with Gasteiger partial charge in [0.15, 0.2) is 0 Å². The molecule has 0 radical (unpaired) electrons. The Hall–Kier alpha value is -1.38. The highest BCUT2D eigenvalue weighted by atomic mass is 79.9. The van der Waals surface area contributed by atoms with Crippen LogP contribution >= 0.6 is 27.3 Å². The van der Waals surface area contributed by atoms with Crippen LogP contribution in [-0.2, 0) is 27.6 Å². The van der Waals surface area contributed by atoms with Crippen molar-refractivity contribution < 1.29 is 17.9 Å². The Morgan fingerprint density at radius 1 is 1.22 bits per heavy atom. The van der Waals surface area contributed by atoms with Crippen molar-refractivity contribution in [2.45, 2.75) is 51.3 Å². The molecule has 0 atom stereocenters. The fourth-order valence-corrected chi connectivity index (χ4v) is 7.02.